The minimum Gasteiger partial charge on any atom is -0.497 e. The Hall–Kier alpha value is -2.99. The van der Waals surface area contributed by atoms with Crippen LogP contribution >= 0.6 is 0 Å². The number of alkyl halides is 3. The Morgan fingerprint density at radius 2 is 1.65 bits per heavy atom. The molecule has 1 amide bonds. The number of ether oxygens (including phenoxy) is 3. The number of benzene rings is 2. The maximum atomic E-state index is 12.2. The molecule has 31 heavy (non-hydrogen) atoms. The molecule has 0 fully saturated rings. The Kier molecular flexibility index (Phi) is 8.11. The molecule has 0 aromatic heterocycles. The Bertz CT molecular complexity index is 995. The van der Waals surface area contributed by atoms with Crippen LogP contribution in [0, 0.1) is 0 Å². The smallest absolute Gasteiger partial charge is 0.497 e. The van der Waals surface area contributed by atoms with Crippen LogP contribution in [-0.2, 0) is 21.4 Å². The van der Waals surface area contributed by atoms with Crippen molar-refractivity contribution in [2.75, 3.05) is 20.8 Å². The molecule has 2 N–H and O–H groups in total. The van der Waals surface area contributed by atoms with Crippen LogP contribution < -0.4 is 24.2 Å². The number of halogens is 3. The molecule has 2 aromatic carbocycles. The summed E-state index contributed by atoms with van der Waals surface area (Å²) < 4.78 is 77.1. The standard InChI is InChI=1S/C19H21F3N2O6S/c1-28-15-4-3-13(17(11-15)29-2)12-23-18(25)9-10-24-31(26,27)16-7-5-14(6-8-16)30-19(20,21)22/h3-8,11,24H,9-10,12H2,1-2H3,(H,23,25). The molecule has 0 heterocycles. The van der Waals surface area contributed by atoms with E-state index in [1.165, 1.54) is 14.2 Å². The van der Waals surface area contributed by atoms with Gasteiger partial charge in [0.25, 0.3) is 0 Å². The number of hydrogen-bond acceptors (Lipinski definition) is 6. The first-order chi connectivity index (χ1) is 14.5. The van der Waals surface area contributed by atoms with Crippen LogP contribution in [0.1, 0.15) is 12.0 Å². The van der Waals surface area contributed by atoms with Gasteiger partial charge in [0.15, 0.2) is 0 Å². The van der Waals surface area contributed by atoms with E-state index in [-0.39, 0.29) is 24.4 Å². The molecule has 0 aliphatic carbocycles. The SMILES string of the molecule is COc1ccc(CNC(=O)CCNS(=O)(=O)c2ccc(OC(F)(F)F)cc2)c(OC)c1. The number of carbonyl (C=O) groups is 1. The number of sulfonamides is 1. The monoisotopic (exact) mass is 462 g/mol. The van der Waals surface area contributed by atoms with Gasteiger partial charge in [-0.1, -0.05) is 0 Å². The highest BCUT2D eigenvalue weighted by atomic mass is 32.2. The molecule has 170 valence electrons. The maximum Gasteiger partial charge on any atom is 0.573 e. The second-order valence-electron chi connectivity index (χ2n) is 6.12. The number of hydrogen-bond donors (Lipinski definition) is 2. The van der Waals surface area contributed by atoms with E-state index in [1.807, 2.05) is 0 Å². The van der Waals surface area contributed by atoms with E-state index >= 15 is 0 Å². The third-order valence-corrected chi connectivity index (χ3v) is 5.46. The van der Waals surface area contributed by atoms with Crippen LogP contribution in [0.4, 0.5) is 13.2 Å². The number of amides is 1. The van der Waals surface area contributed by atoms with E-state index in [4.69, 9.17) is 9.47 Å². The van der Waals surface area contributed by atoms with Crippen molar-refractivity contribution in [1.29, 1.82) is 0 Å². The van der Waals surface area contributed by atoms with Gasteiger partial charge >= 0.3 is 6.36 Å². The summed E-state index contributed by atoms with van der Waals surface area (Å²) in [6.45, 7) is -0.0336. The first-order valence-corrected chi connectivity index (χ1v) is 10.4. The van der Waals surface area contributed by atoms with E-state index in [1.54, 1.807) is 18.2 Å². The lowest BCUT2D eigenvalue weighted by atomic mass is 10.2. The molecule has 0 unspecified atom stereocenters. The highest BCUT2D eigenvalue weighted by Gasteiger charge is 2.31. The van der Waals surface area contributed by atoms with E-state index in [0.717, 1.165) is 24.3 Å². The highest BCUT2D eigenvalue weighted by molar-refractivity contribution is 7.89. The number of methoxy groups -OCH3 is 2. The maximum absolute atomic E-state index is 12.2. The zero-order chi connectivity index (χ0) is 23.1. The summed E-state index contributed by atoms with van der Waals surface area (Å²) in [5.41, 5.74) is 0.707. The van der Waals surface area contributed by atoms with Gasteiger partial charge in [-0.2, -0.15) is 0 Å². The molecule has 12 heteroatoms. The zero-order valence-electron chi connectivity index (χ0n) is 16.7. The van der Waals surface area contributed by atoms with Gasteiger partial charge in [-0.25, -0.2) is 13.1 Å². The molecule has 0 saturated heterocycles. The lowest BCUT2D eigenvalue weighted by Gasteiger charge is -2.12. The lowest BCUT2D eigenvalue weighted by molar-refractivity contribution is -0.274. The van der Waals surface area contributed by atoms with Crippen LogP contribution in [0.5, 0.6) is 17.2 Å². The van der Waals surface area contributed by atoms with Crippen LogP contribution in [0.15, 0.2) is 47.4 Å². The Morgan fingerprint density at radius 3 is 2.23 bits per heavy atom. The number of rotatable bonds is 10. The first kappa shape index (κ1) is 24.3. The van der Waals surface area contributed by atoms with Crippen molar-refractivity contribution in [3.05, 3.63) is 48.0 Å². The second-order valence-corrected chi connectivity index (χ2v) is 7.89. The van der Waals surface area contributed by atoms with Crippen molar-refractivity contribution >= 4 is 15.9 Å². The predicted molar refractivity (Wildman–Crippen MR) is 104 cm³/mol. The largest absolute Gasteiger partial charge is 0.573 e. The number of carbonyl (C=O) groups excluding carboxylic acids is 1. The molecule has 0 atom stereocenters. The van der Waals surface area contributed by atoms with Gasteiger partial charge in [-0.05, 0) is 36.4 Å². The molecular formula is C19H21F3N2O6S. The van der Waals surface area contributed by atoms with Gasteiger partial charge in [-0.3, -0.25) is 4.79 Å². The summed E-state index contributed by atoms with van der Waals surface area (Å²) in [4.78, 5) is 11.7. The lowest BCUT2D eigenvalue weighted by Crippen LogP contribution is -2.30. The fourth-order valence-electron chi connectivity index (χ4n) is 2.48. The van der Waals surface area contributed by atoms with Gasteiger partial charge in [0.05, 0.1) is 19.1 Å². The minimum atomic E-state index is -4.87. The second kappa shape index (κ2) is 10.4. The molecule has 0 aliphatic heterocycles. The van der Waals surface area contributed by atoms with E-state index in [9.17, 15) is 26.4 Å². The van der Waals surface area contributed by atoms with Crippen LogP contribution in [0.3, 0.4) is 0 Å². The van der Waals surface area contributed by atoms with Crippen LogP contribution in [-0.4, -0.2) is 41.5 Å². The van der Waals surface area contributed by atoms with Crippen molar-refractivity contribution in [1.82, 2.24) is 10.0 Å². The summed E-state index contributed by atoms with van der Waals surface area (Å²) in [6, 6.07) is 8.82. The average Bonchev–Trinajstić information content (AvgIpc) is 2.71. The third kappa shape index (κ3) is 7.64. The molecule has 0 aliphatic rings. The van der Waals surface area contributed by atoms with Gasteiger partial charge in [0.1, 0.15) is 17.2 Å². The summed E-state index contributed by atoms with van der Waals surface area (Å²) in [6.07, 6.45) is -5.02. The minimum absolute atomic E-state index is 0.146. The molecule has 2 rings (SSSR count). The zero-order valence-corrected chi connectivity index (χ0v) is 17.5. The predicted octanol–water partition coefficient (Wildman–Crippen LogP) is 2.59. The fourth-order valence-corrected chi connectivity index (χ4v) is 3.51. The Morgan fingerprint density at radius 1 is 1.00 bits per heavy atom. The summed E-state index contributed by atoms with van der Waals surface area (Å²) in [5.74, 6) is 0.173. The van der Waals surface area contributed by atoms with E-state index < -0.39 is 28.0 Å². The van der Waals surface area contributed by atoms with Crippen molar-refractivity contribution < 1.29 is 40.6 Å². The topological polar surface area (TPSA) is 103 Å². The van der Waals surface area contributed by atoms with Gasteiger partial charge < -0.3 is 19.5 Å². The quantitative estimate of drug-likeness (QED) is 0.563. The molecular weight excluding hydrogens is 441 g/mol. The molecule has 0 radical (unpaired) electrons. The van der Waals surface area contributed by atoms with Gasteiger partial charge in [-0.15, -0.1) is 13.2 Å². The molecule has 0 spiro atoms. The van der Waals surface area contributed by atoms with Crippen LogP contribution in [0.2, 0.25) is 0 Å². The number of nitrogens with one attached hydrogen (secondary N) is 2. The normalized spacial score (nSPS) is 11.6. The van der Waals surface area contributed by atoms with Crippen LogP contribution in [0.25, 0.3) is 0 Å². The molecule has 2 aromatic rings. The highest BCUT2D eigenvalue weighted by Crippen LogP contribution is 2.25. The summed E-state index contributed by atoms with van der Waals surface area (Å²) in [7, 11) is -1.00. The van der Waals surface area contributed by atoms with Crippen molar-refractivity contribution in [2.24, 2.45) is 0 Å². The molecule has 8 nitrogen and oxygen atoms in total. The Balaban J connectivity index is 1.84. The van der Waals surface area contributed by atoms with Crippen molar-refractivity contribution in [3.63, 3.8) is 0 Å². The summed E-state index contributed by atoms with van der Waals surface area (Å²) >= 11 is 0. The molecule has 0 saturated carbocycles. The van der Waals surface area contributed by atoms with E-state index in [0.29, 0.717) is 17.1 Å². The first-order valence-electron chi connectivity index (χ1n) is 8.87. The van der Waals surface area contributed by atoms with E-state index in [2.05, 4.69) is 14.8 Å². The van der Waals surface area contributed by atoms with Gasteiger partial charge in [0.2, 0.25) is 15.9 Å². The average molecular weight is 462 g/mol. The Labute approximate surface area is 177 Å². The summed E-state index contributed by atoms with van der Waals surface area (Å²) in [5, 5.41) is 2.65. The van der Waals surface area contributed by atoms with Crippen molar-refractivity contribution in [2.45, 2.75) is 24.2 Å². The molecule has 0 bridgehead atoms. The fraction of sp³-hybridized carbons (Fsp3) is 0.316. The third-order valence-electron chi connectivity index (χ3n) is 3.98. The van der Waals surface area contributed by atoms with Crippen molar-refractivity contribution in [3.8, 4) is 17.2 Å². The van der Waals surface area contributed by atoms with Gasteiger partial charge in [0, 0.05) is 31.1 Å².